The molecule has 2 nitrogen and oxygen atoms in total. The molecule has 0 radical (unpaired) electrons. The van der Waals surface area contributed by atoms with E-state index in [0.717, 1.165) is 25.9 Å². The van der Waals surface area contributed by atoms with E-state index in [2.05, 4.69) is 5.32 Å². The number of hydrogen-bond donors (Lipinski definition) is 1. The van der Waals surface area contributed by atoms with Crippen molar-refractivity contribution >= 4 is 17.4 Å². The molecule has 86 valence electrons. The molecule has 1 aromatic carbocycles. The first kappa shape index (κ1) is 11.6. The van der Waals surface area contributed by atoms with Crippen molar-refractivity contribution in [2.24, 2.45) is 5.92 Å². The lowest BCUT2D eigenvalue weighted by Gasteiger charge is -2.21. The number of piperidine rings is 1. The lowest BCUT2D eigenvalue weighted by atomic mass is 9.89. The van der Waals surface area contributed by atoms with Gasteiger partial charge in [-0.3, -0.25) is 4.79 Å². The number of Topliss-reactive ketones (excluding diaryl/α,β-unsaturated/α-hetero) is 1. The van der Waals surface area contributed by atoms with Gasteiger partial charge in [0.15, 0.2) is 5.78 Å². The molecular formula is C12H13ClFNO. The highest BCUT2D eigenvalue weighted by atomic mass is 35.5. The van der Waals surface area contributed by atoms with Crippen molar-refractivity contribution in [3.63, 3.8) is 0 Å². The van der Waals surface area contributed by atoms with Crippen LogP contribution >= 0.6 is 11.6 Å². The molecular weight excluding hydrogens is 229 g/mol. The van der Waals surface area contributed by atoms with Crippen LogP contribution < -0.4 is 5.32 Å². The van der Waals surface area contributed by atoms with Crippen LogP contribution in [0, 0.1) is 11.7 Å². The summed E-state index contributed by atoms with van der Waals surface area (Å²) in [5.74, 6) is -0.359. The van der Waals surface area contributed by atoms with Crippen molar-refractivity contribution in [2.45, 2.75) is 12.8 Å². The zero-order chi connectivity index (χ0) is 11.5. The van der Waals surface area contributed by atoms with E-state index in [9.17, 15) is 9.18 Å². The van der Waals surface area contributed by atoms with Crippen molar-refractivity contribution in [2.75, 3.05) is 13.1 Å². The van der Waals surface area contributed by atoms with Crippen molar-refractivity contribution in [3.05, 3.63) is 34.6 Å². The molecule has 0 amide bonds. The number of hydrogen-bond acceptors (Lipinski definition) is 2. The quantitative estimate of drug-likeness (QED) is 0.807. The van der Waals surface area contributed by atoms with Crippen LogP contribution in [-0.4, -0.2) is 18.9 Å². The van der Waals surface area contributed by atoms with Crippen LogP contribution in [-0.2, 0) is 0 Å². The molecule has 1 heterocycles. The van der Waals surface area contributed by atoms with Gasteiger partial charge in [-0.15, -0.1) is 0 Å². The highest BCUT2D eigenvalue weighted by Gasteiger charge is 2.23. The van der Waals surface area contributed by atoms with Crippen LogP contribution in [0.1, 0.15) is 23.2 Å². The molecule has 1 saturated heterocycles. The summed E-state index contributed by atoms with van der Waals surface area (Å²) in [6.45, 7) is 1.71. The molecule has 1 aromatic rings. The molecule has 1 fully saturated rings. The number of nitrogens with one attached hydrogen (secondary N) is 1. The number of ketones is 1. The second kappa shape index (κ2) is 4.93. The Morgan fingerprint density at radius 2 is 2.06 bits per heavy atom. The summed E-state index contributed by atoms with van der Waals surface area (Å²) >= 11 is 5.87. The van der Waals surface area contributed by atoms with E-state index in [4.69, 9.17) is 11.6 Å². The van der Waals surface area contributed by atoms with E-state index in [0.29, 0.717) is 5.56 Å². The van der Waals surface area contributed by atoms with Crippen molar-refractivity contribution in [1.82, 2.24) is 5.32 Å². The zero-order valence-electron chi connectivity index (χ0n) is 8.80. The molecule has 0 spiro atoms. The number of rotatable bonds is 2. The molecule has 16 heavy (non-hydrogen) atoms. The second-order valence-corrected chi connectivity index (χ2v) is 4.42. The van der Waals surface area contributed by atoms with Gasteiger partial charge in [0, 0.05) is 11.5 Å². The van der Waals surface area contributed by atoms with E-state index in [1.807, 2.05) is 0 Å². The van der Waals surface area contributed by atoms with Gasteiger partial charge >= 0.3 is 0 Å². The van der Waals surface area contributed by atoms with Gasteiger partial charge in [-0.1, -0.05) is 11.6 Å². The minimum absolute atomic E-state index is 0.0178. The Kier molecular flexibility index (Phi) is 3.56. The third-order valence-electron chi connectivity index (χ3n) is 2.91. The van der Waals surface area contributed by atoms with Gasteiger partial charge < -0.3 is 5.32 Å². The number of halogens is 2. The first-order valence-corrected chi connectivity index (χ1v) is 5.76. The Morgan fingerprint density at radius 3 is 2.69 bits per heavy atom. The second-order valence-electron chi connectivity index (χ2n) is 4.01. The van der Waals surface area contributed by atoms with Gasteiger partial charge in [-0.05, 0) is 44.1 Å². The first-order valence-electron chi connectivity index (χ1n) is 5.38. The van der Waals surface area contributed by atoms with Gasteiger partial charge in [-0.2, -0.15) is 0 Å². The Morgan fingerprint density at radius 1 is 1.38 bits per heavy atom. The monoisotopic (exact) mass is 241 g/mol. The third kappa shape index (κ3) is 2.42. The summed E-state index contributed by atoms with van der Waals surface area (Å²) in [4.78, 5) is 12.1. The average molecular weight is 242 g/mol. The smallest absolute Gasteiger partial charge is 0.167 e. The van der Waals surface area contributed by atoms with Crippen molar-refractivity contribution in [3.8, 4) is 0 Å². The maximum absolute atomic E-state index is 12.8. The molecule has 4 heteroatoms. The van der Waals surface area contributed by atoms with Crippen LogP contribution in [0.3, 0.4) is 0 Å². The molecule has 0 aliphatic carbocycles. The van der Waals surface area contributed by atoms with Gasteiger partial charge in [-0.25, -0.2) is 4.39 Å². The lowest BCUT2D eigenvalue weighted by molar-refractivity contribution is 0.0895. The lowest BCUT2D eigenvalue weighted by Crippen LogP contribution is -2.32. The summed E-state index contributed by atoms with van der Waals surface area (Å²) in [5, 5.41) is 3.41. The molecule has 0 bridgehead atoms. The molecule has 0 atom stereocenters. The van der Waals surface area contributed by atoms with Crippen molar-refractivity contribution in [1.29, 1.82) is 0 Å². The van der Waals surface area contributed by atoms with E-state index >= 15 is 0 Å². The normalized spacial score (nSPS) is 17.4. The Labute approximate surface area is 98.8 Å². The molecule has 0 aromatic heterocycles. The SMILES string of the molecule is O=C(c1ccc(F)cc1Cl)C1CCNCC1. The Balaban J connectivity index is 2.19. The van der Waals surface area contributed by atoms with Gasteiger partial charge in [0.25, 0.3) is 0 Å². The summed E-state index contributed by atoms with van der Waals surface area (Å²) < 4.78 is 12.8. The summed E-state index contributed by atoms with van der Waals surface area (Å²) in [5.41, 5.74) is 0.440. The molecule has 1 aliphatic heterocycles. The highest BCUT2D eigenvalue weighted by Crippen LogP contribution is 2.24. The minimum Gasteiger partial charge on any atom is -0.317 e. The predicted molar refractivity (Wildman–Crippen MR) is 61.3 cm³/mol. The molecule has 1 aliphatic rings. The fraction of sp³-hybridized carbons (Fsp3) is 0.417. The van der Waals surface area contributed by atoms with Crippen LogP contribution in [0.4, 0.5) is 4.39 Å². The fourth-order valence-electron chi connectivity index (χ4n) is 1.99. The van der Waals surface area contributed by atoms with E-state index < -0.39 is 5.82 Å². The van der Waals surface area contributed by atoms with Crippen LogP contribution in [0.2, 0.25) is 5.02 Å². The fourth-order valence-corrected chi connectivity index (χ4v) is 2.25. The van der Waals surface area contributed by atoms with Gasteiger partial charge in [0.1, 0.15) is 5.82 Å². The first-order chi connectivity index (χ1) is 7.68. The summed E-state index contributed by atoms with van der Waals surface area (Å²) in [6, 6.07) is 3.94. The number of carbonyl (C=O) groups is 1. The Bertz CT molecular complexity index is 402. The van der Waals surface area contributed by atoms with E-state index in [1.54, 1.807) is 0 Å². The van der Waals surface area contributed by atoms with E-state index in [1.165, 1.54) is 18.2 Å². The molecule has 1 N–H and O–H groups in total. The summed E-state index contributed by atoms with van der Waals surface area (Å²) in [7, 11) is 0. The van der Waals surface area contributed by atoms with Crippen LogP contribution in [0.25, 0.3) is 0 Å². The van der Waals surface area contributed by atoms with Gasteiger partial charge in [0.2, 0.25) is 0 Å². The Hall–Kier alpha value is -0.930. The topological polar surface area (TPSA) is 29.1 Å². The zero-order valence-corrected chi connectivity index (χ0v) is 9.56. The molecule has 0 saturated carbocycles. The maximum atomic E-state index is 12.8. The predicted octanol–water partition coefficient (Wildman–Crippen LogP) is 2.66. The van der Waals surface area contributed by atoms with Crippen LogP contribution in [0.5, 0.6) is 0 Å². The van der Waals surface area contributed by atoms with Gasteiger partial charge in [0.05, 0.1) is 5.02 Å². The van der Waals surface area contributed by atoms with E-state index in [-0.39, 0.29) is 16.7 Å². The maximum Gasteiger partial charge on any atom is 0.167 e. The molecule has 2 rings (SSSR count). The number of carbonyl (C=O) groups excluding carboxylic acids is 1. The standard InChI is InChI=1S/C12H13ClFNO/c13-11-7-9(14)1-2-10(11)12(16)8-3-5-15-6-4-8/h1-2,7-8,15H,3-6H2. The largest absolute Gasteiger partial charge is 0.317 e. The van der Waals surface area contributed by atoms with Crippen molar-refractivity contribution < 1.29 is 9.18 Å². The van der Waals surface area contributed by atoms with Crippen LogP contribution in [0.15, 0.2) is 18.2 Å². The summed E-state index contributed by atoms with van der Waals surface area (Å²) in [6.07, 6.45) is 1.65. The highest BCUT2D eigenvalue weighted by molar-refractivity contribution is 6.34. The number of benzene rings is 1. The molecule has 0 unspecified atom stereocenters. The minimum atomic E-state index is -0.410. The third-order valence-corrected chi connectivity index (χ3v) is 3.22. The average Bonchev–Trinajstić information content (AvgIpc) is 2.29.